The molecule has 1 N–H and O–H groups in total. The van der Waals surface area contributed by atoms with Crippen LogP contribution in [0.4, 0.5) is 5.82 Å². The molecule has 0 atom stereocenters. The summed E-state index contributed by atoms with van der Waals surface area (Å²) < 4.78 is 0. The zero-order valence-corrected chi connectivity index (χ0v) is 12.5. The van der Waals surface area contributed by atoms with Gasteiger partial charge in [-0.25, -0.2) is 4.98 Å². The van der Waals surface area contributed by atoms with E-state index in [1.54, 1.807) is 6.20 Å². The average molecular weight is 290 g/mol. The van der Waals surface area contributed by atoms with Crippen LogP contribution in [0.5, 0.6) is 0 Å². The summed E-state index contributed by atoms with van der Waals surface area (Å²) in [7, 11) is 0. The number of rotatable bonds is 4. The first-order valence-electron chi connectivity index (χ1n) is 7.41. The van der Waals surface area contributed by atoms with Crippen LogP contribution < -0.4 is 5.32 Å². The number of carbonyl (C=O) groups is 1. The Bertz CT molecular complexity index is 794. The van der Waals surface area contributed by atoms with Gasteiger partial charge in [-0.3, -0.25) is 4.79 Å². The van der Waals surface area contributed by atoms with Crippen molar-refractivity contribution in [3.63, 3.8) is 0 Å². The molecule has 3 nitrogen and oxygen atoms in total. The number of anilines is 1. The molecule has 3 heteroatoms. The second-order valence-corrected chi connectivity index (χ2v) is 5.45. The number of amides is 1. The fraction of sp³-hybridized carbons (Fsp3) is 0.158. The van der Waals surface area contributed by atoms with E-state index in [-0.39, 0.29) is 5.91 Å². The van der Waals surface area contributed by atoms with Crippen molar-refractivity contribution < 1.29 is 4.79 Å². The highest BCUT2D eigenvalue weighted by molar-refractivity contribution is 5.90. The van der Waals surface area contributed by atoms with Gasteiger partial charge in [0.1, 0.15) is 5.82 Å². The highest BCUT2D eigenvalue weighted by Crippen LogP contribution is 2.16. The summed E-state index contributed by atoms with van der Waals surface area (Å²) in [6.45, 7) is 1.97. The van der Waals surface area contributed by atoms with Crippen molar-refractivity contribution in [3.05, 3.63) is 71.9 Å². The molecule has 0 radical (unpaired) electrons. The predicted octanol–water partition coefficient (Wildman–Crippen LogP) is 4.11. The molecule has 3 rings (SSSR count). The molecule has 0 aliphatic carbocycles. The van der Waals surface area contributed by atoms with E-state index < -0.39 is 0 Å². The van der Waals surface area contributed by atoms with Gasteiger partial charge in [-0.2, -0.15) is 0 Å². The van der Waals surface area contributed by atoms with Gasteiger partial charge in [-0.15, -0.1) is 0 Å². The smallest absolute Gasteiger partial charge is 0.225 e. The second-order valence-electron chi connectivity index (χ2n) is 5.45. The van der Waals surface area contributed by atoms with Crippen LogP contribution in [0, 0.1) is 6.92 Å². The van der Waals surface area contributed by atoms with E-state index in [2.05, 4.69) is 40.6 Å². The van der Waals surface area contributed by atoms with Gasteiger partial charge >= 0.3 is 0 Å². The molecular weight excluding hydrogens is 272 g/mol. The van der Waals surface area contributed by atoms with E-state index in [0.717, 1.165) is 12.0 Å². The maximum atomic E-state index is 12.0. The summed E-state index contributed by atoms with van der Waals surface area (Å²) in [6.07, 6.45) is 2.93. The van der Waals surface area contributed by atoms with Crippen molar-refractivity contribution >= 4 is 22.5 Å². The Balaban J connectivity index is 1.60. The molecule has 0 spiro atoms. The fourth-order valence-electron chi connectivity index (χ4n) is 2.40. The van der Waals surface area contributed by atoms with Crippen LogP contribution in [0.2, 0.25) is 0 Å². The third-order valence-corrected chi connectivity index (χ3v) is 3.63. The largest absolute Gasteiger partial charge is 0.311 e. The van der Waals surface area contributed by atoms with E-state index in [1.165, 1.54) is 16.3 Å². The Morgan fingerprint density at radius 2 is 1.86 bits per heavy atom. The molecule has 0 aliphatic rings. The van der Waals surface area contributed by atoms with E-state index in [1.807, 2.05) is 31.2 Å². The number of pyridine rings is 1. The molecule has 2 aromatic carbocycles. The highest BCUT2D eigenvalue weighted by atomic mass is 16.1. The van der Waals surface area contributed by atoms with Crippen LogP contribution in [0.3, 0.4) is 0 Å². The Morgan fingerprint density at radius 3 is 2.64 bits per heavy atom. The van der Waals surface area contributed by atoms with Gasteiger partial charge in [0.15, 0.2) is 0 Å². The number of hydrogen-bond donors (Lipinski definition) is 1. The quantitative estimate of drug-likeness (QED) is 0.785. The van der Waals surface area contributed by atoms with Crippen LogP contribution in [0.15, 0.2) is 60.8 Å². The van der Waals surface area contributed by atoms with Crippen molar-refractivity contribution in [2.75, 3.05) is 5.32 Å². The number of hydrogen-bond acceptors (Lipinski definition) is 2. The minimum atomic E-state index is -0.00971. The van der Waals surface area contributed by atoms with Crippen molar-refractivity contribution in [1.29, 1.82) is 0 Å². The average Bonchev–Trinajstić information content (AvgIpc) is 2.55. The second kappa shape index (κ2) is 6.39. The molecule has 22 heavy (non-hydrogen) atoms. The first kappa shape index (κ1) is 14.3. The van der Waals surface area contributed by atoms with E-state index in [4.69, 9.17) is 0 Å². The van der Waals surface area contributed by atoms with E-state index >= 15 is 0 Å². The lowest BCUT2D eigenvalue weighted by molar-refractivity contribution is -0.116. The number of aryl methyl sites for hydroxylation is 2. The topological polar surface area (TPSA) is 42.0 Å². The molecular formula is C19H18N2O. The lowest BCUT2D eigenvalue weighted by atomic mass is 10.0. The molecule has 0 bridgehead atoms. The van der Waals surface area contributed by atoms with Crippen molar-refractivity contribution in [3.8, 4) is 0 Å². The molecule has 0 saturated heterocycles. The van der Waals surface area contributed by atoms with Crippen LogP contribution in [-0.2, 0) is 11.2 Å². The molecule has 1 heterocycles. The van der Waals surface area contributed by atoms with Crippen LogP contribution >= 0.6 is 0 Å². The fourth-order valence-corrected chi connectivity index (χ4v) is 2.40. The summed E-state index contributed by atoms with van der Waals surface area (Å²) >= 11 is 0. The zero-order chi connectivity index (χ0) is 15.4. The Morgan fingerprint density at radius 1 is 1.05 bits per heavy atom. The van der Waals surface area contributed by atoms with Crippen LogP contribution in [0.1, 0.15) is 17.5 Å². The first-order chi connectivity index (χ1) is 10.7. The number of nitrogens with one attached hydrogen (secondary N) is 1. The molecule has 0 aliphatic heterocycles. The number of fused-ring (bicyclic) bond motifs is 1. The molecule has 110 valence electrons. The summed E-state index contributed by atoms with van der Waals surface area (Å²) in [5, 5.41) is 5.26. The summed E-state index contributed by atoms with van der Waals surface area (Å²) in [4.78, 5) is 16.2. The van der Waals surface area contributed by atoms with Crippen molar-refractivity contribution in [1.82, 2.24) is 4.98 Å². The zero-order valence-electron chi connectivity index (χ0n) is 12.5. The van der Waals surface area contributed by atoms with Crippen LogP contribution in [-0.4, -0.2) is 10.9 Å². The van der Waals surface area contributed by atoms with Gasteiger partial charge in [-0.1, -0.05) is 48.5 Å². The van der Waals surface area contributed by atoms with Crippen molar-refractivity contribution in [2.24, 2.45) is 0 Å². The number of aromatic nitrogens is 1. The maximum Gasteiger partial charge on any atom is 0.225 e. The SMILES string of the molecule is Cc1ccc(NC(=O)CCc2ccc3ccccc3c2)nc1. The monoisotopic (exact) mass is 290 g/mol. The summed E-state index contributed by atoms with van der Waals surface area (Å²) in [5.41, 5.74) is 2.25. The van der Waals surface area contributed by atoms with Crippen molar-refractivity contribution in [2.45, 2.75) is 19.8 Å². The number of carbonyl (C=O) groups excluding carboxylic acids is 1. The molecule has 0 fully saturated rings. The maximum absolute atomic E-state index is 12.0. The third kappa shape index (κ3) is 3.50. The Labute approximate surface area is 130 Å². The number of nitrogens with zero attached hydrogens (tertiary/aromatic N) is 1. The lowest BCUT2D eigenvalue weighted by Crippen LogP contribution is -2.13. The minimum Gasteiger partial charge on any atom is -0.311 e. The first-order valence-corrected chi connectivity index (χ1v) is 7.41. The van der Waals surface area contributed by atoms with Gasteiger partial charge in [0.05, 0.1) is 0 Å². The standard InChI is InChI=1S/C19H18N2O/c1-14-6-10-18(20-13-14)21-19(22)11-8-15-7-9-16-4-2-3-5-17(16)12-15/h2-7,9-10,12-13H,8,11H2,1H3,(H,20,21,22). The van der Waals surface area contributed by atoms with Gasteiger partial charge < -0.3 is 5.32 Å². The molecule has 0 unspecified atom stereocenters. The van der Waals surface area contributed by atoms with Gasteiger partial charge in [0, 0.05) is 12.6 Å². The Kier molecular flexibility index (Phi) is 4.15. The van der Waals surface area contributed by atoms with E-state index in [0.29, 0.717) is 12.2 Å². The molecule has 3 aromatic rings. The van der Waals surface area contributed by atoms with E-state index in [9.17, 15) is 4.79 Å². The van der Waals surface area contributed by atoms with Gasteiger partial charge in [0.25, 0.3) is 0 Å². The molecule has 0 saturated carbocycles. The lowest BCUT2D eigenvalue weighted by Gasteiger charge is -2.06. The highest BCUT2D eigenvalue weighted by Gasteiger charge is 2.04. The summed E-state index contributed by atoms with van der Waals surface area (Å²) in [6, 6.07) is 18.3. The molecule has 1 amide bonds. The number of benzene rings is 2. The molecule has 1 aromatic heterocycles. The summed E-state index contributed by atoms with van der Waals surface area (Å²) in [5.74, 6) is 0.596. The van der Waals surface area contributed by atoms with Gasteiger partial charge in [-0.05, 0) is 41.3 Å². The van der Waals surface area contributed by atoms with Crippen LogP contribution in [0.25, 0.3) is 10.8 Å². The minimum absolute atomic E-state index is 0.00971. The predicted molar refractivity (Wildman–Crippen MR) is 89.9 cm³/mol. The Hall–Kier alpha value is -2.68. The van der Waals surface area contributed by atoms with Gasteiger partial charge in [0.2, 0.25) is 5.91 Å². The third-order valence-electron chi connectivity index (χ3n) is 3.63. The normalized spacial score (nSPS) is 10.6.